The predicted octanol–water partition coefficient (Wildman–Crippen LogP) is 5.04. The molecule has 4 nitrogen and oxygen atoms in total. The topological polar surface area (TPSA) is 35.6 Å². The average Bonchev–Trinajstić information content (AvgIpc) is 3.02. The number of halogens is 3. The van der Waals surface area contributed by atoms with Gasteiger partial charge >= 0.3 is 6.18 Å². The Hall–Kier alpha value is -1.79. The molecule has 0 fully saturated rings. The van der Waals surface area contributed by atoms with E-state index < -0.39 is 18.1 Å². The molecular weight excluding hydrogens is 341 g/mol. The number of nitrogens with zero attached hydrogens (tertiary/aromatic N) is 4. The molecule has 0 spiro atoms. The molecule has 0 aliphatic carbocycles. The fourth-order valence-corrected chi connectivity index (χ4v) is 3.23. The largest absolute Gasteiger partial charge is 0.408 e. The molecule has 26 heavy (non-hydrogen) atoms. The smallest absolute Gasteiger partial charge is 0.266 e. The zero-order valence-electron chi connectivity index (χ0n) is 16.6. The molecule has 0 radical (unpaired) electrons. The summed E-state index contributed by atoms with van der Waals surface area (Å²) in [4.78, 5) is 0. The first-order valence-corrected chi connectivity index (χ1v) is 8.89. The fourth-order valence-electron chi connectivity index (χ4n) is 3.23. The zero-order valence-corrected chi connectivity index (χ0v) is 16.6. The maximum Gasteiger partial charge on any atom is 0.408 e. The van der Waals surface area contributed by atoms with Crippen LogP contribution in [-0.2, 0) is 23.8 Å². The van der Waals surface area contributed by atoms with Gasteiger partial charge < -0.3 is 0 Å². The Labute approximate surface area is 153 Å². The second-order valence-electron chi connectivity index (χ2n) is 8.86. The van der Waals surface area contributed by atoms with E-state index in [1.165, 1.54) is 6.20 Å². The van der Waals surface area contributed by atoms with Crippen LogP contribution in [0.5, 0.6) is 0 Å². The van der Waals surface area contributed by atoms with Crippen molar-refractivity contribution in [3.8, 4) is 0 Å². The van der Waals surface area contributed by atoms with Crippen molar-refractivity contribution in [2.24, 2.45) is 0 Å². The molecule has 0 saturated carbocycles. The van der Waals surface area contributed by atoms with Gasteiger partial charge in [-0.05, 0) is 26.0 Å². The zero-order chi connectivity index (χ0) is 19.9. The van der Waals surface area contributed by atoms with Crippen molar-refractivity contribution in [1.29, 1.82) is 0 Å². The molecule has 7 heteroatoms. The minimum Gasteiger partial charge on any atom is -0.266 e. The Bertz CT molecular complexity index is 746. The van der Waals surface area contributed by atoms with Gasteiger partial charge in [0.15, 0.2) is 0 Å². The second-order valence-corrected chi connectivity index (χ2v) is 8.86. The van der Waals surface area contributed by atoms with Gasteiger partial charge in [0, 0.05) is 40.9 Å². The number of aromatic nitrogens is 4. The molecule has 0 aromatic carbocycles. The van der Waals surface area contributed by atoms with Crippen LogP contribution in [0.2, 0.25) is 0 Å². The summed E-state index contributed by atoms with van der Waals surface area (Å²) in [5, 5.41) is 8.61. The molecule has 146 valence electrons. The highest BCUT2D eigenvalue weighted by Gasteiger charge is 2.34. The average molecular weight is 370 g/mol. The summed E-state index contributed by atoms with van der Waals surface area (Å²) in [6.07, 6.45) is -2.33. The molecule has 2 aromatic heterocycles. The lowest BCUT2D eigenvalue weighted by atomic mass is 9.83. The van der Waals surface area contributed by atoms with Crippen LogP contribution in [0.25, 0.3) is 0 Å². The third-order valence-corrected chi connectivity index (χ3v) is 4.41. The van der Waals surface area contributed by atoms with E-state index in [1.807, 2.05) is 18.5 Å². The number of hydrogen-bond acceptors (Lipinski definition) is 2. The van der Waals surface area contributed by atoms with E-state index in [-0.39, 0.29) is 11.5 Å². The Morgan fingerprint density at radius 2 is 1.65 bits per heavy atom. The van der Waals surface area contributed by atoms with Gasteiger partial charge in [0.05, 0.1) is 5.69 Å². The molecule has 2 heterocycles. The van der Waals surface area contributed by atoms with Crippen molar-refractivity contribution >= 4 is 0 Å². The number of rotatable bonds is 5. The Kier molecular flexibility index (Phi) is 5.32. The van der Waals surface area contributed by atoms with Crippen LogP contribution >= 0.6 is 0 Å². The van der Waals surface area contributed by atoms with Gasteiger partial charge in [-0.3, -0.25) is 9.36 Å². The van der Waals surface area contributed by atoms with Gasteiger partial charge in [0.2, 0.25) is 0 Å². The van der Waals surface area contributed by atoms with Crippen LogP contribution in [-0.4, -0.2) is 25.7 Å². The van der Waals surface area contributed by atoms with Crippen LogP contribution in [0.15, 0.2) is 18.3 Å². The van der Waals surface area contributed by atoms with Crippen molar-refractivity contribution in [3.05, 3.63) is 35.4 Å². The first kappa shape index (κ1) is 20.5. The molecule has 0 unspecified atom stereocenters. The summed E-state index contributed by atoms with van der Waals surface area (Å²) in [6.45, 7) is 13.4. The second kappa shape index (κ2) is 6.74. The first-order chi connectivity index (χ1) is 11.7. The van der Waals surface area contributed by atoms with E-state index in [1.54, 1.807) is 6.07 Å². The highest BCUT2D eigenvalue weighted by molar-refractivity contribution is 5.23. The highest BCUT2D eigenvalue weighted by atomic mass is 19.4. The van der Waals surface area contributed by atoms with Crippen molar-refractivity contribution in [1.82, 2.24) is 19.6 Å². The molecule has 0 aliphatic rings. The van der Waals surface area contributed by atoms with Crippen molar-refractivity contribution < 1.29 is 13.2 Å². The van der Waals surface area contributed by atoms with E-state index in [0.29, 0.717) is 12.1 Å². The summed E-state index contributed by atoms with van der Waals surface area (Å²) < 4.78 is 41.5. The lowest BCUT2D eigenvalue weighted by molar-refractivity contribution is -0.143. The van der Waals surface area contributed by atoms with Gasteiger partial charge in [0.25, 0.3) is 0 Å². The van der Waals surface area contributed by atoms with E-state index in [2.05, 4.69) is 45.8 Å². The molecule has 0 atom stereocenters. The Morgan fingerprint density at radius 1 is 1.04 bits per heavy atom. The SMILES string of the molecule is CC(C)n1nc(CC(C)(C)c2ccnn2CC(F)(F)F)cc1C(C)(C)C. The standard InChI is InChI=1S/C19H29F3N4/c1-13(2)26-16(17(3,4)5)10-14(24-26)11-18(6,7)15-8-9-23-25(15)12-19(20,21)22/h8-10,13H,11-12H2,1-7H3. The Balaban J connectivity index is 2.35. The molecule has 2 aromatic rings. The minimum absolute atomic E-state index is 0.0578. The summed E-state index contributed by atoms with van der Waals surface area (Å²) in [5.41, 5.74) is 1.99. The van der Waals surface area contributed by atoms with Crippen molar-refractivity contribution in [2.75, 3.05) is 0 Å². The monoisotopic (exact) mass is 370 g/mol. The lowest BCUT2D eigenvalue weighted by Gasteiger charge is -2.25. The molecule has 0 N–H and O–H groups in total. The van der Waals surface area contributed by atoms with Crippen LogP contribution in [0.4, 0.5) is 13.2 Å². The highest BCUT2D eigenvalue weighted by Crippen LogP contribution is 2.32. The summed E-state index contributed by atoms with van der Waals surface area (Å²) in [7, 11) is 0. The molecule has 0 aliphatic heterocycles. The molecule has 0 amide bonds. The van der Waals surface area contributed by atoms with Crippen LogP contribution in [0.3, 0.4) is 0 Å². The van der Waals surface area contributed by atoms with E-state index in [0.717, 1.165) is 16.1 Å². The van der Waals surface area contributed by atoms with E-state index in [9.17, 15) is 13.2 Å². The summed E-state index contributed by atoms with van der Waals surface area (Å²) in [6, 6.07) is 3.96. The summed E-state index contributed by atoms with van der Waals surface area (Å²) >= 11 is 0. The molecule has 0 saturated heterocycles. The van der Waals surface area contributed by atoms with Crippen LogP contribution in [0, 0.1) is 0 Å². The lowest BCUT2D eigenvalue weighted by Crippen LogP contribution is -2.29. The predicted molar refractivity (Wildman–Crippen MR) is 96.3 cm³/mol. The van der Waals surface area contributed by atoms with Crippen LogP contribution in [0.1, 0.15) is 71.6 Å². The molecular formula is C19H29F3N4. The number of alkyl halides is 3. The minimum atomic E-state index is -4.30. The molecule has 2 rings (SSSR count). The van der Waals surface area contributed by atoms with Crippen molar-refractivity contribution in [3.63, 3.8) is 0 Å². The van der Waals surface area contributed by atoms with Gasteiger partial charge in [-0.25, -0.2) is 0 Å². The van der Waals surface area contributed by atoms with Gasteiger partial charge in [-0.1, -0.05) is 34.6 Å². The Morgan fingerprint density at radius 3 is 2.12 bits per heavy atom. The van der Waals surface area contributed by atoms with E-state index >= 15 is 0 Å². The third kappa shape index (κ3) is 4.68. The normalized spacial score (nSPS) is 13.7. The first-order valence-electron chi connectivity index (χ1n) is 8.89. The van der Waals surface area contributed by atoms with Gasteiger partial charge in [0.1, 0.15) is 6.54 Å². The number of hydrogen-bond donors (Lipinski definition) is 0. The van der Waals surface area contributed by atoms with Crippen LogP contribution < -0.4 is 0 Å². The van der Waals surface area contributed by atoms with E-state index in [4.69, 9.17) is 5.10 Å². The fraction of sp³-hybridized carbons (Fsp3) is 0.684. The van der Waals surface area contributed by atoms with Gasteiger partial charge in [-0.2, -0.15) is 23.4 Å². The molecule has 0 bridgehead atoms. The quantitative estimate of drug-likeness (QED) is 0.739. The summed E-state index contributed by atoms with van der Waals surface area (Å²) in [5.74, 6) is 0. The maximum absolute atomic E-state index is 12.8. The van der Waals surface area contributed by atoms with Gasteiger partial charge in [-0.15, -0.1) is 0 Å². The van der Waals surface area contributed by atoms with Crippen molar-refractivity contribution in [2.45, 2.75) is 84.5 Å². The third-order valence-electron chi connectivity index (χ3n) is 4.41. The maximum atomic E-state index is 12.8.